The second-order valence-electron chi connectivity index (χ2n) is 3.92. The van der Waals surface area contributed by atoms with Gasteiger partial charge in [0.05, 0.1) is 11.9 Å². The van der Waals surface area contributed by atoms with Gasteiger partial charge in [0.2, 0.25) is 0 Å². The van der Waals surface area contributed by atoms with Crippen molar-refractivity contribution in [1.29, 1.82) is 0 Å². The summed E-state index contributed by atoms with van der Waals surface area (Å²) in [5.74, 6) is 0. The molecule has 0 N–H and O–H groups in total. The summed E-state index contributed by atoms with van der Waals surface area (Å²) in [4.78, 5) is 18.2. The van der Waals surface area contributed by atoms with Crippen LogP contribution in [0.5, 0.6) is 0 Å². The van der Waals surface area contributed by atoms with Gasteiger partial charge in [-0.1, -0.05) is 13.0 Å². The molecule has 1 heterocycles. The van der Waals surface area contributed by atoms with E-state index in [1.807, 2.05) is 13.0 Å². The number of likely N-dealkylation sites (N-methyl/N-ethyl adjacent to an activating group) is 1. The van der Waals surface area contributed by atoms with Crippen molar-refractivity contribution >= 4 is 6.21 Å². The number of nitrogens with zero attached hydrogens (tertiary/aromatic N) is 4. The van der Waals surface area contributed by atoms with E-state index in [-0.39, 0.29) is 6.67 Å². The maximum absolute atomic E-state index is 10.2. The Bertz CT molecular complexity index is 307. The van der Waals surface area contributed by atoms with Gasteiger partial charge in [-0.3, -0.25) is 10.1 Å². The molecule has 0 bridgehead atoms. The normalized spacial score (nSPS) is 18.9. The molecule has 17 heavy (non-hydrogen) atoms. The molecule has 0 aromatic heterocycles. The first kappa shape index (κ1) is 13.6. The van der Waals surface area contributed by atoms with Crippen molar-refractivity contribution in [2.45, 2.75) is 13.8 Å². The van der Waals surface area contributed by atoms with Gasteiger partial charge in [-0.2, -0.15) is 0 Å². The lowest BCUT2D eigenvalue weighted by Crippen LogP contribution is -2.45. The molecule has 1 fully saturated rings. The second kappa shape index (κ2) is 7.01. The van der Waals surface area contributed by atoms with Crippen molar-refractivity contribution in [1.82, 2.24) is 9.80 Å². The topological polar surface area (TPSA) is 62.0 Å². The van der Waals surface area contributed by atoms with Crippen LogP contribution >= 0.6 is 0 Å². The summed E-state index contributed by atoms with van der Waals surface area (Å²) in [5, 5.41) is 10.2. The van der Waals surface area contributed by atoms with Crippen molar-refractivity contribution < 1.29 is 4.92 Å². The molecule has 0 amide bonds. The molecule has 0 aromatic carbocycles. The minimum atomic E-state index is -0.432. The molecule has 0 spiro atoms. The van der Waals surface area contributed by atoms with Gasteiger partial charge in [-0.15, -0.1) is 0 Å². The number of aliphatic imine (C=N–C) groups is 1. The maximum Gasteiger partial charge on any atom is 0.294 e. The number of hydrogen-bond donors (Lipinski definition) is 0. The van der Waals surface area contributed by atoms with Gasteiger partial charge in [0.1, 0.15) is 0 Å². The molecule has 0 aromatic rings. The van der Waals surface area contributed by atoms with Gasteiger partial charge in [0, 0.05) is 31.1 Å². The lowest BCUT2D eigenvalue weighted by molar-refractivity contribution is -0.477. The monoisotopic (exact) mass is 240 g/mol. The first-order chi connectivity index (χ1) is 8.17. The smallest absolute Gasteiger partial charge is 0.294 e. The van der Waals surface area contributed by atoms with Gasteiger partial charge in [0.15, 0.2) is 0 Å². The van der Waals surface area contributed by atoms with E-state index in [9.17, 15) is 10.1 Å². The standard InChI is InChI=1S/C11H20N4O2/c1-3-11(9-12-10-15(16)17)14-7-5-13(4-2)6-8-14/h3,9H,4-8,10H2,1-2H3/b11-3+,12-9-. The highest BCUT2D eigenvalue weighted by Crippen LogP contribution is 2.07. The summed E-state index contributed by atoms with van der Waals surface area (Å²) >= 11 is 0. The quantitative estimate of drug-likeness (QED) is 0.406. The van der Waals surface area contributed by atoms with Crippen LogP contribution in [0.25, 0.3) is 0 Å². The molecule has 96 valence electrons. The summed E-state index contributed by atoms with van der Waals surface area (Å²) in [6, 6.07) is 0. The third-order valence-corrected chi connectivity index (χ3v) is 2.90. The van der Waals surface area contributed by atoms with Crippen molar-refractivity contribution in [3.8, 4) is 0 Å². The molecule has 0 saturated carbocycles. The van der Waals surface area contributed by atoms with E-state index in [0.717, 1.165) is 38.4 Å². The highest BCUT2D eigenvalue weighted by atomic mass is 16.6. The molecule has 0 unspecified atom stereocenters. The van der Waals surface area contributed by atoms with Crippen LogP contribution in [0.15, 0.2) is 16.8 Å². The largest absolute Gasteiger partial charge is 0.368 e. The zero-order chi connectivity index (χ0) is 12.7. The highest BCUT2D eigenvalue weighted by molar-refractivity contribution is 5.77. The Morgan fingerprint density at radius 2 is 2.06 bits per heavy atom. The minimum absolute atomic E-state index is 0.355. The predicted octanol–water partition coefficient (Wildman–Crippen LogP) is 0.833. The SMILES string of the molecule is C/C=C(\C=N/C[N+](=O)[O-])N1CCN(CC)CC1. The van der Waals surface area contributed by atoms with Crippen LogP contribution in [-0.4, -0.2) is 60.3 Å². The molecule has 0 aliphatic carbocycles. The summed E-state index contributed by atoms with van der Waals surface area (Å²) in [6.07, 6.45) is 3.55. The number of nitro groups is 1. The van der Waals surface area contributed by atoms with Crippen LogP contribution in [-0.2, 0) is 0 Å². The molecule has 1 saturated heterocycles. The van der Waals surface area contributed by atoms with Gasteiger partial charge in [-0.25, -0.2) is 4.99 Å². The van der Waals surface area contributed by atoms with Crippen LogP contribution in [0.2, 0.25) is 0 Å². The van der Waals surface area contributed by atoms with Gasteiger partial charge in [-0.05, 0) is 13.5 Å². The van der Waals surface area contributed by atoms with Crippen LogP contribution in [0.3, 0.4) is 0 Å². The third-order valence-electron chi connectivity index (χ3n) is 2.90. The van der Waals surface area contributed by atoms with Gasteiger partial charge >= 0.3 is 0 Å². The molecular formula is C11H20N4O2. The molecule has 1 rings (SSSR count). The zero-order valence-corrected chi connectivity index (χ0v) is 10.5. The minimum Gasteiger partial charge on any atom is -0.368 e. The molecule has 6 nitrogen and oxygen atoms in total. The average Bonchev–Trinajstić information content (AvgIpc) is 2.34. The van der Waals surface area contributed by atoms with E-state index in [2.05, 4.69) is 21.7 Å². The Hall–Kier alpha value is -1.43. The van der Waals surface area contributed by atoms with Crippen LogP contribution in [0.4, 0.5) is 0 Å². The second-order valence-corrected chi connectivity index (χ2v) is 3.92. The lowest BCUT2D eigenvalue weighted by atomic mass is 10.2. The predicted molar refractivity (Wildman–Crippen MR) is 67.8 cm³/mol. The fourth-order valence-corrected chi connectivity index (χ4v) is 1.86. The van der Waals surface area contributed by atoms with E-state index < -0.39 is 4.92 Å². The Morgan fingerprint density at radius 1 is 1.41 bits per heavy atom. The number of rotatable bonds is 5. The Morgan fingerprint density at radius 3 is 2.53 bits per heavy atom. The molecule has 1 aliphatic heterocycles. The number of hydrogen-bond acceptors (Lipinski definition) is 5. The zero-order valence-electron chi connectivity index (χ0n) is 10.5. The van der Waals surface area contributed by atoms with Crippen molar-refractivity contribution in [2.24, 2.45) is 4.99 Å². The summed E-state index contributed by atoms with van der Waals surface area (Å²) in [5.41, 5.74) is 0.975. The van der Waals surface area contributed by atoms with Crippen molar-refractivity contribution in [3.63, 3.8) is 0 Å². The first-order valence-electron chi connectivity index (χ1n) is 5.92. The summed E-state index contributed by atoms with van der Waals surface area (Å²) in [6.45, 7) is 8.80. The maximum atomic E-state index is 10.2. The van der Waals surface area contributed by atoms with Gasteiger partial charge < -0.3 is 9.80 Å². The van der Waals surface area contributed by atoms with Crippen molar-refractivity contribution in [2.75, 3.05) is 39.4 Å². The Balaban J connectivity index is 2.47. The van der Waals surface area contributed by atoms with Crippen LogP contribution in [0.1, 0.15) is 13.8 Å². The Labute approximate surface area is 102 Å². The lowest BCUT2D eigenvalue weighted by Gasteiger charge is -2.35. The molecule has 0 atom stereocenters. The molecule has 0 radical (unpaired) electrons. The molecule has 1 aliphatic rings. The fourth-order valence-electron chi connectivity index (χ4n) is 1.86. The van der Waals surface area contributed by atoms with Crippen LogP contribution < -0.4 is 0 Å². The summed E-state index contributed by atoms with van der Waals surface area (Å²) in [7, 11) is 0. The van der Waals surface area contributed by atoms with Crippen molar-refractivity contribution in [3.05, 3.63) is 21.9 Å². The van der Waals surface area contributed by atoms with Gasteiger partial charge in [0.25, 0.3) is 6.67 Å². The van der Waals surface area contributed by atoms with Crippen LogP contribution in [0, 0.1) is 10.1 Å². The molecule has 6 heteroatoms. The Kier molecular flexibility index (Phi) is 5.62. The molecular weight excluding hydrogens is 220 g/mol. The van der Waals surface area contributed by atoms with E-state index >= 15 is 0 Å². The first-order valence-corrected chi connectivity index (χ1v) is 5.92. The van der Waals surface area contributed by atoms with E-state index in [4.69, 9.17) is 0 Å². The van der Waals surface area contributed by atoms with E-state index in [1.54, 1.807) is 6.21 Å². The average molecular weight is 240 g/mol. The third kappa shape index (κ3) is 4.52. The van der Waals surface area contributed by atoms with E-state index in [1.165, 1.54) is 0 Å². The summed E-state index contributed by atoms with van der Waals surface area (Å²) < 4.78 is 0. The number of allylic oxidation sites excluding steroid dienone is 2. The van der Waals surface area contributed by atoms with E-state index in [0.29, 0.717) is 0 Å². The fraction of sp³-hybridized carbons (Fsp3) is 0.727. The highest BCUT2D eigenvalue weighted by Gasteiger charge is 2.16. The number of piperazine rings is 1.